The molecule has 0 saturated heterocycles. The smallest absolute Gasteiger partial charge is 0.0786 e. The molecule has 0 radical (unpaired) electrons. The molecule has 0 heterocycles. The summed E-state index contributed by atoms with van der Waals surface area (Å²) in [6.45, 7) is 15.3. The van der Waals surface area contributed by atoms with E-state index in [9.17, 15) is 0 Å². The molecular formula is C52H108ClN. The molecule has 0 spiro atoms. The van der Waals surface area contributed by atoms with E-state index in [0.29, 0.717) is 0 Å². The second-order valence-electron chi connectivity index (χ2n) is 18.4. The van der Waals surface area contributed by atoms with Crippen LogP contribution in [0.1, 0.15) is 310 Å². The quantitative estimate of drug-likeness (QED) is 0.0426. The lowest BCUT2D eigenvalue weighted by atomic mass is 10.0. The molecule has 0 aliphatic rings. The van der Waals surface area contributed by atoms with Crippen molar-refractivity contribution in [2.45, 2.75) is 310 Å². The first kappa shape index (κ1) is 56.3. The summed E-state index contributed by atoms with van der Waals surface area (Å²) < 4.78 is 1.47. The van der Waals surface area contributed by atoms with E-state index in [1.165, 1.54) is 313 Å². The zero-order valence-corrected chi connectivity index (χ0v) is 39.5. The Morgan fingerprint density at radius 3 is 0.463 bits per heavy atom. The van der Waals surface area contributed by atoms with Gasteiger partial charge in [0.1, 0.15) is 0 Å². The van der Waals surface area contributed by atoms with Gasteiger partial charge in [0.25, 0.3) is 0 Å². The average Bonchev–Trinajstić information content (AvgIpc) is 3.17. The van der Waals surface area contributed by atoms with Gasteiger partial charge in [-0.25, -0.2) is 0 Å². The maximum Gasteiger partial charge on any atom is 0.0786 e. The molecule has 54 heavy (non-hydrogen) atoms. The SMILES string of the molecule is CCCCCCCCCCCCCCCC[N+](CCCC)(CCCCCCCCCCCCCCCC)CCCCCCCCCCCCCCCC.[Cl-]. The van der Waals surface area contributed by atoms with Crippen molar-refractivity contribution < 1.29 is 16.9 Å². The van der Waals surface area contributed by atoms with Crippen LogP contribution in [0.4, 0.5) is 0 Å². The highest BCUT2D eigenvalue weighted by molar-refractivity contribution is 4.56. The molecule has 0 aliphatic heterocycles. The number of hydrogen-bond donors (Lipinski definition) is 0. The number of hydrogen-bond acceptors (Lipinski definition) is 0. The van der Waals surface area contributed by atoms with E-state index in [4.69, 9.17) is 0 Å². The van der Waals surface area contributed by atoms with Crippen molar-refractivity contribution in [2.75, 3.05) is 26.2 Å². The molecule has 0 aromatic heterocycles. The topological polar surface area (TPSA) is 0 Å². The van der Waals surface area contributed by atoms with Gasteiger partial charge in [-0.05, 0) is 44.9 Å². The normalized spacial score (nSPS) is 11.8. The van der Waals surface area contributed by atoms with Crippen molar-refractivity contribution >= 4 is 0 Å². The Morgan fingerprint density at radius 2 is 0.296 bits per heavy atom. The van der Waals surface area contributed by atoms with Crippen LogP contribution < -0.4 is 12.4 Å². The Labute approximate surface area is 351 Å². The van der Waals surface area contributed by atoms with Crippen LogP contribution in [0.2, 0.25) is 0 Å². The first-order valence-electron chi connectivity index (χ1n) is 26.1. The minimum Gasteiger partial charge on any atom is -1.00 e. The molecule has 1 nitrogen and oxygen atoms in total. The van der Waals surface area contributed by atoms with E-state index >= 15 is 0 Å². The molecule has 0 N–H and O–H groups in total. The second kappa shape index (κ2) is 49.4. The summed E-state index contributed by atoms with van der Waals surface area (Å²) in [5.41, 5.74) is 0. The molecule has 0 aromatic carbocycles. The van der Waals surface area contributed by atoms with Crippen LogP contribution in [0.3, 0.4) is 0 Å². The van der Waals surface area contributed by atoms with Crippen molar-refractivity contribution in [2.24, 2.45) is 0 Å². The van der Waals surface area contributed by atoms with Gasteiger partial charge in [0.05, 0.1) is 26.2 Å². The molecule has 0 unspecified atom stereocenters. The van der Waals surface area contributed by atoms with Gasteiger partial charge in [0.15, 0.2) is 0 Å². The lowest BCUT2D eigenvalue weighted by molar-refractivity contribution is -0.929. The second-order valence-corrected chi connectivity index (χ2v) is 18.4. The van der Waals surface area contributed by atoms with Crippen LogP contribution in [-0.2, 0) is 0 Å². The fourth-order valence-electron chi connectivity index (χ4n) is 9.09. The molecule has 0 fully saturated rings. The minimum absolute atomic E-state index is 0. The maximum absolute atomic E-state index is 2.43. The van der Waals surface area contributed by atoms with Crippen LogP contribution in [0.5, 0.6) is 0 Å². The summed E-state index contributed by atoms with van der Waals surface area (Å²) in [7, 11) is 0. The summed E-state index contributed by atoms with van der Waals surface area (Å²) in [5, 5.41) is 0. The van der Waals surface area contributed by atoms with E-state index in [-0.39, 0.29) is 12.4 Å². The molecule has 0 bridgehead atoms. The summed E-state index contributed by atoms with van der Waals surface area (Å²) in [6.07, 6.45) is 64.7. The molecular weight excluding hydrogens is 674 g/mol. The van der Waals surface area contributed by atoms with E-state index < -0.39 is 0 Å². The Hall–Kier alpha value is 0.250. The first-order valence-corrected chi connectivity index (χ1v) is 26.1. The van der Waals surface area contributed by atoms with Gasteiger partial charge in [-0.2, -0.15) is 0 Å². The van der Waals surface area contributed by atoms with Gasteiger partial charge in [0, 0.05) is 0 Å². The standard InChI is InChI=1S/C52H108N.ClH/c1-5-9-13-16-19-22-25-28-31-34-37-40-43-46-50-53(49-12-8-4,51-47-44-41-38-35-32-29-26-23-20-17-14-10-6-2)52-48-45-42-39-36-33-30-27-24-21-18-15-11-7-3;/h5-52H2,1-4H3;1H/q+1;/p-1. The number of unbranched alkanes of at least 4 members (excludes halogenated alkanes) is 40. The van der Waals surface area contributed by atoms with Gasteiger partial charge in [0.2, 0.25) is 0 Å². The minimum atomic E-state index is 0. The van der Waals surface area contributed by atoms with E-state index in [1.54, 1.807) is 0 Å². The summed E-state index contributed by atoms with van der Waals surface area (Å²) in [5.74, 6) is 0. The predicted octanol–water partition coefficient (Wildman–Crippen LogP) is 16.1. The van der Waals surface area contributed by atoms with Crippen molar-refractivity contribution in [1.82, 2.24) is 0 Å². The van der Waals surface area contributed by atoms with Gasteiger partial charge in [-0.15, -0.1) is 0 Å². The Kier molecular flexibility index (Phi) is 51.5. The number of nitrogens with zero attached hydrogens (tertiary/aromatic N) is 1. The number of quaternary nitrogens is 1. The highest BCUT2D eigenvalue weighted by Crippen LogP contribution is 2.21. The summed E-state index contributed by atoms with van der Waals surface area (Å²) in [4.78, 5) is 0. The fourth-order valence-corrected chi connectivity index (χ4v) is 9.09. The van der Waals surface area contributed by atoms with Gasteiger partial charge in [-0.1, -0.05) is 265 Å². The Balaban J connectivity index is 0. The molecule has 0 aliphatic carbocycles. The Morgan fingerprint density at radius 1 is 0.167 bits per heavy atom. The van der Waals surface area contributed by atoms with E-state index in [2.05, 4.69) is 27.7 Å². The third-order valence-electron chi connectivity index (χ3n) is 12.9. The van der Waals surface area contributed by atoms with Crippen molar-refractivity contribution in [3.63, 3.8) is 0 Å². The molecule has 0 atom stereocenters. The third-order valence-corrected chi connectivity index (χ3v) is 12.9. The van der Waals surface area contributed by atoms with Crippen LogP contribution in [0.25, 0.3) is 0 Å². The van der Waals surface area contributed by atoms with Crippen molar-refractivity contribution in [3.8, 4) is 0 Å². The van der Waals surface area contributed by atoms with Gasteiger partial charge >= 0.3 is 0 Å². The monoisotopic (exact) mass is 782 g/mol. The molecule has 0 saturated carbocycles. The van der Waals surface area contributed by atoms with E-state index in [1.807, 2.05) is 0 Å². The van der Waals surface area contributed by atoms with Gasteiger partial charge in [-0.3, -0.25) is 0 Å². The highest BCUT2D eigenvalue weighted by Gasteiger charge is 2.25. The zero-order chi connectivity index (χ0) is 38.4. The van der Waals surface area contributed by atoms with Crippen LogP contribution in [0, 0.1) is 0 Å². The molecule has 0 amide bonds. The van der Waals surface area contributed by atoms with Crippen molar-refractivity contribution in [1.29, 1.82) is 0 Å². The summed E-state index contributed by atoms with van der Waals surface area (Å²) in [6, 6.07) is 0. The number of rotatable bonds is 48. The largest absolute Gasteiger partial charge is 1.00 e. The van der Waals surface area contributed by atoms with Gasteiger partial charge < -0.3 is 16.9 Å². The molecule has 2 heteroatoms. The maximum atomic E-state index is 2.43. The Bertz CT molecular complexity index is 555. The van der Waals surface area contributed by atoms with E-state index in [0.717, 1.165) is 0 Å². The van der Waals surface area contributed by atoms with Crippen LogP contribution in [-0.4, -0.2) is 30.7 Å². The first-order chi connectivity index (χ1) is 26.2. The molecule has 0 rings (SSSR count). The third kappa shape index (κ3) is 43.4. The lowest BCUT2D eigenvalue weighted by Gasteiger charge is -2.39. The zero-order valence-electron chi connectivity index (χ0n) is 38.8. The van der Waals surface area contributed by atoms with Crippen LogP contribution in [0.15, 0.2) is 0 Å². The molecule has 328 valence electrons. The highest BCUT2D eigenvalue weighted by atomic mass is 35.5. The lowest BCUT2D eigenvalue weighted by Crippen LogP contribution is -3.00. The molecule has 0 aromatic rings. The fraction of sp³-hybridized carbons (Fsp3) is 1.00. The average molecular weight is 783 g/mol. The van der Waals surface area contributed by atoms with Crippen molar-refractivity contribution in [3.05, 3.63) is 0 Å². The predicted molar refractivity (Wildman–Crippen MR) is 246 cm³/mol. The number of halogens is 1. The summed E-state index contributed by atoms with van der Waals surface area (Å²) >= 11 is 0. The van der Waals surface area contributed by atoms with Crippen LogP contribution >= 0.6 is 0 Å².